The third-order valence-electron chi connectivity index (χ3n) is 3.10. The number of pyridine rings is 1. The Balaban J connectivity index is 1.83. The van der Waals surface area contributed by atoms with Gasteiger partial charge in [-0.15, -0.1) is 0 Å². The molecule has 0 radical (unpaired) electrons. The van der Waals surface area contributed by atoms with Crippen LogP contribution < -0.4 is 10.1 Å². The number of benzene rings is 1. The second-order valence-corrected chi connectivity index (χ2v) is 4.52. The van der Waals surface area contributed by atoms with Gasteiger partial charge in [-0.05, 0) is 18.5 Å². The molecule has 6 nitrogen and oxygen atoms in total. The van der Waals surface area contributed by atoms with Crippen molar-refractivity contribution in [1.82, 2.24) is 10.3 Å². The maximum absolute atomic E-state index is 10.9. The Labute approximate surface area is 122 Å². The van der Waals surface area contributed by atoms with Crippen molar-refractivity contribution in [2.24, 2.45) is 0 Å². The number of ether oxygens (including phenoxy) is 1. The first-order chi connectivity index (χ1) is 10.2. The van der Waals surface area contributed by atoms with Crippen molar-refractivity contribution in [3.05, 3.63) is 63.8 Å². The molecule has 1 aromatic carbocycles. The van der Waals surface area contributed by atoms with E-state index in [1.54, 1.807) is 31.5 Å². The van der Waals surface area contributed by atoms with Gasteiger partial charge in [-0.1, -0.05) is 24.3 Å². The number of nitrogens with one attached hydrogen (secondary N) is 1. The molecule has 0 fully saturated rings. The predicted octanol–water partition coefficient (Wildman–Crippen LogP) is 2.33. The van der Waals surface area contributed by atoms with E-state index in [-0.39, 0.29) is 10.6 Å². The van der Waals surface area contributed by atoms with E-state index in [9.17, 15) is 10.1 Å². The first-order valence-electron chi connectivity index (χ1n) is 6.62. The maximum Gasteiger partial charge on any atom is 0.272 e. The highest BCUT2D eigenvalue weighted by Gasteiger charge is 2.11. The molecule has 0 unspecified atom stereocenters. The van der Waals surface area contributed by atoms with Crippen LogP contribution in [0.5, 0.6) is 5.88 Å². The third kappa shape index (κ3) is 4.25. The minimum atomic E-state index is -0.345. The van der Waals surface area contributed by atoms with Crippen LogP contribution in [0.25, 0.3) is 0 Å². The lowest BCUT2D eigenvalue weighted by molar-refractivity contribution is -0.385. The summed E-state index contributed by atoms with van der Waals surface area (Å²) in [6.45, 7) is 1.33. The Kier molecular flexibility index (Phi) is 5.22. The van der Waals surface area contributed by atoms with E-state index in [0.29, 0.717) is 25.4 Å². The van der Waals surface area contributed by atoms with E-state index in [2.05, 4.69) is 10.3 Å². The quantitative estimate of drug-likeness (QED) is 0.480. The fourth-order valence-corrected chi connectivity index (χ4v) is 1.99. The SMILES string of the molecule is COc1ccc(CNCCc2ccccc2[N+](=O)[O-])cn1. The molecule has 0 spiro atoms. The van der Waals surface area contributed by atoms with Gasteiger partial charge in [0.15, 0.2) is 0 Å². The number of nitro groups is 1. The van der Waals surface area contributed by atoms with Crippen molar-refractivity contribution in [2.75, 3.05) is 13.7 Å². The molecule has 0 atom stereocenters. The highest BCUT2D eigenvalue weighted by Crippen LogP contribution is 2.17. The summed E-state index contributed by atoms with van der Waals surface area (Å²) in [4.78, 5) is 14.7. The van der Waals surface area contributed by atoms with Gasteiger partial charge in [0.25, 0.3) is 5.69 Å². The van der Waals surface area contributed by atoms with Crippen molar-refractivity contribution in [3.8, 4) is 5.88 Å². The van der Waals surface area contributed by atoms with Gasteiger partial charge < -0.3 is 10.1 Å². The Bertz CT molecular complexity index is 599. The van der Waals surface area contributed by atoms with Gasteiger partial charge in [0.2, 0.25) is 5.88 Å². The minimum Gasteiger partial charge on any atom is -0.481 e. The van der Waals surface area contributed by atoms with E-state index in [1.165, 1.54) is 6.07 Å². The van der Waals surface area contributed by atoms with Crippen LogP contribution in [-0.2, 0) is 13.0 Å². The number of methoxy groups -OCH3 is 1. The summed E-state index contributed by atoms with van der Waals surface area (Å²) >= 11 is 0. The molecule has 2 aromatic rings. The van der Waals surface area contributed by atoms with E-state index >= 15 is 0 Å². The van der Waals surface area contributed by atoms with E-state index in [0.717, 1.165) is 11.1 Å². The van der Waals surface area contributed by atoms with Crippen LogP contribution in [0.1, 0.15) is 11.1 Å². The molecule has 0 aliphatic rings. The van der Waals surface area contributed by atoms with Crippen LogP contribution in [0.15, 0.2) is 42.6 Å². The van der Waals surface area contributed by atoms with Crippen molar-refractivity contribution < 1.29 is 9.66 Å². The van der Waals surface area contributed by atoms with E-state index in [4.69, 9.17) is 4.74 Å². The topological polar surface area (TPSA) is 77.3 Å². The van der Waals surface area contributed by atoms with Crippen LogP contribution in [-0.4, -0.2) is 23.6 Å². The lowest BCUT2D eigenvalue weighted by Gasteiger charge is -2.06. The Hall–Kier alpha value is -2.47. The predicted molar refractivity (Wildman–Crippen MR) is 79.3 cm³/mol. The first kappa shape index (κ1) is 14.9. The maximum atomic E-state index is 10.9. The fraction of sp³-hybridized carbons (Fsp3) is 0.267. The molecule has 1 N–H and O–H groups in total. The van der Waals surface area contributed by atoms with Crippen LogP contribution in [0, 0.1) is 10.1 Å². The lowest BCUT2D eigenvalue weighted by atomic mass is 10.1. The van der Waals surface area contributed by atoms with Crippen LogP contribution in [0.3, 0.4) is 0 Å². The molecule has 0 aliphatic heterocycles. The van der Waals surface area contributed by atoms with Gasteiger partial charge in [-0.25, -0.2) is 4.98 Å². The van der Waals surface area contributed by atoms with Gasteiger partial charge in [0, 0.05) is 30.4 Å². The third-order valence-corrected chi connectivity index (χ3v) is 3.10. The van der Waals surface area contributed by atoms with Crippen molar-refractivity contribution in [3.63, 3.8) is 0 Å². The lowest BCUT2D eigenvalue weighted by Crippen LogP contribution is -2.17. The number of aromatic nitrogens is 1. The highest BCUT2D eigenvalue weighted by molar-refractivity contribution is 5.39. The minimum absolute atomic E-state index is 0.172. The molecule has 0 aliphatic carbocycles. The van der Waals surface area contributed by atoms with Gasteiger partial charge in [-0.2, -0.15) is 0 Å². The van der Waals surface area contributed by atoms with Gasteiger partial charge in [0.1, 0.15) is 0 Å². The zero-order valence-electron chi connectivity index (χ0n) is 11.8. The fourth-order valence-electron chi connectivity index (χ4n) is 1.99. The Morgan fingerprint density at radius 1 is 1.29 bits per heavy atom. The number of para-hydroxylation sites is 1. The van der Waals surface area contributed by atoms with Crippen molar-refractivity contribution in [2.45, 2.75) is 13.0 Å². The summed E-state index contributed by atoms with van der Waals surface area (Å²) in [6, 6.07) is 10.5. The highest BCUT2D eigenvalue weighted by atomic mass is 16.6. The molecule has 110 valence electrons. The molecular weight excluding hydrogens is 270 g/mol. The molecule has 0 saturated heterocycles. The number of nitro benzene ring substituents is 1. The van der Waals surface area contributed by atoms with E-state index < -0.39 is 0 Å². The zero-order valence-corrected chi connectivity index (χ0v) is 11.8. The summed E-state index contributed by atoms with van der Waals surface area (Å²) in [5, 5.41) is 14.2. The largest absolute Gasteiger partial charge is 0.481 e. The second-order valence-electron chi connectivity index (χ2n) is 4.52. The molecule has 2 rings (SSSR count). The Morgan fingerprint density at radius 2 is 2.10 bits per heavy atom. The standard InChI is InChI=1S/C15H17N3O3/c1-21-15-7-6-12(11-17-15)10-16-9-8-13-4-2-3-5-14(13)18(19)20/h2-7,11,16H,8-10H2,1H3. The normalized spacial score (nSPS) is 10.3. The van der Waals surface area contributed by atoms with Gasteiger partial charge >= 0.3 is 0 Å². The second kappa shape index (κ2) is 7.35. The summed E-state index contributed by atoms with van der Waals surface area (Å²) in [5.74, 6) is 0.582. The molecule has 0 saturated carbocycles. The van der Waals surface area contributed by atoms with Crippen molar-refractivity contribution >= 4 is 5.69 Å². The average molecular weight is 287 g/mol. The van der Waals surface area contributed by atoms with E-state index in [1.807, 2.05) is 12.1 Å². The number of nitrogens with zero attached hydrogens (tertiary/aromatic N) is 2. The zero-order chi connectivity index (χ0) is 15.1. The van der Waals surface area contributed by atoms with Crippen LogP contribution in [0.2, 0.25) is 0 Å². The molecular formula is C15H17N3O3. The molecule has 0 amide bonds. The summed E-state index contributed by atoms with van der Waals surface area (Å²) < 4.78 is 4.99. The summed E-state index contributed by atoms with van der Waals surface area (Å²) in [5.41, 5.74) is 1.95. The van der Waals surface area contributed by atoms with Crippen molar-refractivity contribution in [1.29, 1.82) is 0 Å². The number of hydrogen-bond donors (Lipinski definition) is 1. The smallest absolute Gasteiger partial charge is 0.272 e. The summed E-state index contributed by atoms with van der Waals surface area (Å²) in [6.07, 6.45) is 2.36. The molecule has 6 heteroatoms. The van der Waals surface area contributed by atoms with Crippen LogP contribution >= 0.6 is 0 Å². The molecule has 21 heavy (non-hydrogen) atoms. The molecule has 1 aromatic heterocycles. The first-order valence-corrected chi connectivity index (χ1v) is 6.62. The molecule has 0 bridgehead atoms. The van der Waals surface area contributed by atoms with Crippen LogP contribution in [0.4, 0.5) is 5.69 Å². The number of hydrogen-bond acceptors (Lipinski definition) is 5. The summed E-state index contributed by atoms with van der Waals surface area (Å²) in [7, 11) is 1.58. The Morgan fingerprint density at radius 3 is 2.76 bits per heavy atom. The monoisotopic (exact) mass is 287 g/mol. The van der Waals surface area contributed by atoms with Gasteiger partial charge in [-0.3, -0.25) is 10.1 Å². The number of rotatable bonds is 7. The molecule has 1 heterocycles. The average Bonchev–Trinajstić information content (AvgIpc) is 2.52. The van der Waals surface area contributed by atoms with Gasteiger partial charge in [0.05, 0.1) is 12.0 Å².